The highest BCUT2D eigenvalue weighted by Gasteiger charge is 2.01. The predicted octanol–water partition coefficient (Wildman–Crippen LogP) is 3.34. The van der Waals surface area contributed by atoms with Crippen LogP contribution < -0.4 is 10.5 Å². The van der Waals surface area contributed by atoms with Gasteiger partial charge in [-0.1, -0.05) is 42.0 Å². The lowest BCUT2D eigenvalue weighted by molar-refractivity contribution is 0.304. The van der Waals surface area contributed by atoms with Crippen LogP contribution in [0.4, 0.5) is 0 Å². The van der Waals surface area contributed by atoms with E-state index in [-0.39, 0.29) is 0 Å². The minimum absolute atomic E-state index is 0.567. The molecule has 0 saturated heterocycles. The lowest BCUT2D eigenvalue weighted by Crippen LogP contribution is -2.00. The van der Waals surface area contributed by atoms with Gasteiger partial charge < -0.3 is 10.5 Å². The van der Waals surface area contributed by atoms with Crippen LogP contribution in [-0.4, -0.2) is 0 Å². The van der Waals surface area contributed by atoms with Crippen LogP contribution >= 0.6 is 0 Å². The Kier molecular flexibility index (Phi) is 4.00. The number of ether oxygens (including phenoxy) is 1. The van der Waals surface area contributed by atoms with Crippen molar-refractivity contribution in [1.29, 1.82) is 0 Å². The molecule has 2 rings (SSSR count). The standard InChI is InChI=1S/C16H19NO/c1-12-6-7-16(13(2)8-12)18-11-15-5-3-4-14(9-15)10-17/h3-9H,10-11,17H2,1-2H3. The van der Waals surface area contributed by atoms with E-state index in [1.165, 1.54) is 11.1 Å². The Morgan fingerprint density at radius 1 is 1.00 bits per heavy atom. The molecule has 0 aromatic heterocycles. The summed E-state index contributed by atoms with van der Waals surface area (Å²) in [6, 6.07) is 14.4. The summed E-state index contributed by atoms with van der Waals surface area (Å²) in [7, 11) is 0. The fourth-order valence-electron chi connectivity index (χ4n) is 1.97. The highest BCUT2D eigenvalue weighted by molar-refractivity contribution is 5.36. The van der Waals surface area contributed by atoms with Crippen molar-refractivity contribution >= 4 is 0 Å². The zero-order chi connectivity index (χ0) is 13.0. The van der Waals surface area contributed by atoms with Gasteiger partial charge in [0.1, 0.15) is 12.4 Å². The van der Waals surface area contributed by atoms with Gasteiger partial charge in [0.05, 0.1) is 0 Å². The summed E-state index contributed by atoms with van der Waals surface area (Å²) in [5, 5.41) is 0. The first kappa shape index (κ1) is 12.7. The van der Waals surface area contributed by atoms with Crippen molar-refractivity contribution in [2.75, 3.05) is 0 Å². The molecule has 0 aliphatic heterocycles. The van der Waals surface area contributed by atoms with E-state index in [9.17, 15) is 0 Å². The zero-order valence-corrected chi connectivity index (χ0v) is 10.9. The van der Waals surface area contributed by atoms with Crippen LogP contribution in [0, 0.1) is 13.8 Å². The Hall–Kier alpha value is -1.80. The van der Waals surface area contributed by atoms with E-state index in [2.05, 4.69) is 38.1 Å². The van der Waals surface area contributed by atoms with Crippen molar-refractivity contribution in [1.82, 2.24) is 0 Å². The van der Waals surface area contributed by atoms with Gasteiger partial charge in [0.15, 0.2) is 0 Å². The predicted molar refractivity (Wildman–Crippen MR) is 74.6 cm³/mol. The van der Waals surface area contributed by atoms with Crippen molar-refractivity contribution in [2.24, 2.45) is 5.73 Å². The first-order chi connectivity index (χ1) is 8.69. The number of hydrogen-bond acceptors (Lipinski definition) is 2. The van der Waals surface area contributed by atoms with Gasteiger partial charge in [-0.05, 0) is 36.6 Å². The molecule has 2 heteroatoms. The summed E-state index contributed by atoms with van der Waals surface area (Å²) in [6.07, 6.45) is 0. The van der Waals surface area contributed by atoms with E-state index in [0.29, 0.717) is 13.2 Å². The third-order valence-corrected chi connectivity index (χ3v) is 2.95. The van der Waals surface area contributed by atoms with Gasteiger partial charge in [0.2, 0.25) is 0 Å². The maximum Gasteiger partial charge on any atom is 0.122 e. The van der Waals surface area contributed by atoms with Crippen molar-refractivity contribution in [3.05, 3.63) is 64.7 Å². The zero-order valence-electron chi connectivity index (χ0n) is 10.9. The number of aryl methyl sites for hydroxylation is 2. The summed E-state index contributed by atoms with van der Waals surface area (Å²) >= 11 is 0. The fraction of sp³-hybridized carbons (Fsp3) is 0.250. The molecule has 0 spiro atoms. The minimum Gasteiger partial charge on any atom is -0.489 e. The van der Waals surface area contributed by atoms with Crippen molar-refractivity contribution < 1.29 is 4.74 Å². The summed E-state index contributed by atoms with van der Waals surface area (Å²) in [5.41, 5.74) is 10.3. The molecule has 0 heterocycles. The Morgan fingerprint density at radius 3 is 2.50 bits per heavy atom. The van der Waals surface area contributed by atoms with Gasteiger partial charge in [-0.2, -0.15) is 0 Å². The van der Waals surface area contributed by atoms with Crippen molar-refractivity contribution in [2.45, 2.75) is 27.0 Å². The van der Waals surface area contributed by atoms with E-state index in [1.807, 2.05) is 18.2 Å². The molecule has 2 aromatic rings. The van der Waals surface area contributed by atoms with Crippen molar-refractivity contribution in [3.8, 4) is 5.75 Å². The molecule has 0 amide bonds. The van der Waals surface area contributed by atoms with Crippen LogP contribution in [0.5, 0.6) is 5.75 Å². The maximum absolute atomic E-state index is 5.84. The lowest BCUT2D eigenvalue weighted by Gasteiger charge is -2.10. The highest BCUT2D eigenvalue weighted by atomic mass is 16.5. The van der Waals surface area contributed by atoms with Crippen LogP contribution in [0.1, 0.15) is 22.3 Å². The van der Waals surface area contributed by atoms with Crippen LogP contribution in [0.25, 0.3) is 0 Å². The molecular weight excluding hydrogens is 222 g/mol. The fourth-order valence-corrected chi connectivity index (χ4v) is 1.97. The second-order valence-corrected chi connectivity index (χ2v) is 4.58. The Morgan fingerprint density at radius 2 is 1.78 bits per heavy atom. The second-order valence-electron chi connectivity index (χ2n) is 4.58. The van der Waals surface area contributed by atoms with E-state index in [1.54, 1.807) is 0 Å². The number of benzene rings is 2. The number of rotatable bonds is 4. The molecule has 0 saturated carbocycles. The average Bonchev–Trinajstić information content (AvgIpc) is 2.38. The van der Waals surface area contributed by atoms with E-state index >= 15 is 0 Å². The summed E-state index contributed by atoms with van der Waals surface area (Å²) in [4.78, 5) is 0. The van der Waals surface area contributed by atoms with Gasteiger partial charge in [-0.3, -0.25) is 0 Å². The quantitative estimate of drug-likeness (QED) is 0.891. The molecule has 0 bridgehead atoms. The maximum atomic E-state index is 5.84. The summed E-state index contributed by atoms with van der Waals surface area (Å²) in [6.45, 7) is 5.30. The molecule has 2 aromatic carbocycles. The minimum atomic E-state index is 0.567. The third kappa shape index (κ3) is 3.11. The summed E-state index contributed by atoms with van der Waals surface area (Å²) < 4.78 is 5.84. The van der Waals surface area contributed by atoms with Gasteiger partial charge in [-0.25, -0.2) is 0 Å². The van der Waals surface area contributed by atoms with Gasteiger partial charge in [0, 0.05) is 6.54 Å². The highest BCUT2D eigenvalue weighted by Crippen LogP contribution is 2.20. The first-order valence-corrected chi connectivity index (χ1v) is 6.17. The summed E-state index contributed by atoms with van der Waals surface area (Å²) in [5.74, 6) is 0.943. The Labute approximate surface area is 108 Å². The molecule has 0 fully saturated rings. The largest absolute Gasteiger partial charge is 0.489 e. The lowest BCUT2D eigenvalue weighted by atomic mass is 10.1. The molecule has 0 atom stereocenters. The monoisotopic (exact) mass is 241 g/mol. The Balaban J connectivity index is 2.06. The molecular formula is C16H19NO. The molecule has 94 valence electrons. The van der Waals surface area contributed by atoms with E-state index < -0.39 is 0 Å². The van der Waals surface area contributed by atoms with E-state index in [0.717, 1.165) is 16.9 Å². The average molecular weight is 241 g/mol. The molecule has 2 nitrogen and oxygen atoms in total. The molecule has 0 unspecified atom stereocenters. The normalized spacial score (nSPS) is 10.4. The van der Waals surface area contributed by atoms with Crippen LogP contribution in [0.15, 0.2) is 42.5 Å². The van der Waals surface area contributed by atoms with Crippen LogP contribution in [-0.2, 0) is 13.2 Å². The number of hydrogen-bond donors (Lipinski definition) is 1. The second kappa shape index (κ2) is 5.69. The van der Waals surface area contributed by atoms with Crippen LogP contribution in [0.2, 0.25) is 0 Å². The molecule has 2 N–H and O–H groups in total. The van der Waals surface area contributed by atoms with Crippen molar-refractivity contribution in [3.63, 3.8) is 0 Å². The van der Waals surface area contributed by atoms with E-state index in [4.69, 9.17) is 10.5 Å². The van der Waals surface area contributed by atoms with Crippen LogP contribution in [0.3, 0.4) is 0 Å². The van der Waals surface area contributed by atoms with Gasteiger partial charge >= 0.3 is 0 Å². The SMILES string of the molecule is Cc1ccc(OCc2cccc(CN)c2)c(C)c1. The molecule has 18 heavy (non-hydrogen) atoms. The molecule has 0 aliphatic rings. The smallest absolute Gasteiger partial charge is 0.122 e. The number of nitrogens with two attached hydrogens (primary N) is 1. The molecule has 0 radical (unpaired) electrons. The first-order valence-electron chi connectivity index (χ1n) is 6.17. The van der Waals surface area contributed by atoms with Gasteiger partial charge in [0.25, 0.3) is 0 Å². The van der Waals surface area contributed by atoms with Gasteiger partial charge in [-0.15, -0.1) is 0 Å². The topological polar surface area (TPSA) is 35.2 Å². The molecule has 0 aliphatic carbocycles. The Bertz CT molecular complexity index is 534. The third-order valence-electron chi connectivity index (χ3n) is 2.95.